The number of nitrogens with zero attached hydrogens (tertiary/aromatic N) is 1. The summed E-state index contributed by atoms with van der Waals surface area (Å²) in [4.78, 5) is 22.0. The highest BCUT2D eigenvalue weighted by Gasteiger charge is 2.19. The Morgan fingerprint density at radius 3 is 2.53 bits per heavy atom. The van der Waals surface area contributed by atoms with E-state index in [1.54, 1.807) is 17.7 Å². The van der Waals surface area contributed by atoms with E-state index in [0.29, 0.717) is 5.56 Å². The van der Waals surface area contributed by atoms with E-state index in [-0.39, 0.29) is 5.69 Å². The summed E-state index contributed by atoms with van der Waals surface area (Å²) in [6.45, 7) is 1.89. The van der Waals surface area contributed by atoms with Crippen molar-refractivity contribution in [1.29, 1.82) is 0 Å². The molecule has 1 aromatic carbocycles. The highest BCUT2D eigenvalue weighted by molar-refractivity contribution is 6.04. The maximum Gasteiger partial charge on any atom is 0.353 e. The number of fused-ring (bicyclic) bond motifs is 1. The number of hydrogen-bond acceptors (Lipinski definition) is 2. The second kappa shape index (κ2) is 4.61. The molecule has 0 aliphatic rings. The van der Waals surface area contributed by atoms with Crippen LogP contribution in [0.2, 0.25) is 0 Å². The predicted octanol–water partition coefficient (Wildman–Crippen LogP) is 2.28. The molecule has 0 aliphatic carbocycles. The number of aliphatic carboxylic acids is 1. The number of carbonyl (C=O) groups is 2. The van der Waals surface area contributed by atoms with E-state index in [2.05, 4.69) is 0 Å². The fourth-order valence-corrected chi connectivity index (χ4v) is 2.32. The summed E-state index contributed by atoms with van der Waals surface area (Å²) in [5, 5.41) is 18.7. The highest BCUT2D eigenvalue weighted by Crippen LogP contribution is 2.28. The van der Waals surface area contributed by atoms with Crippen LogP contribution in [0.15, 0.2) is 24.3 Å². The minimum Gasteiger partial charge on any atom is -0.478 e. The smallest absolute Gasteiger partial charge is 0.353 e. The molecule has 5 heteroatoms. The number of aromatic carboxylic acids is 1. The molecule has 0 saturated carbocycles. The Morgan fingerprint density at radius 2 is 1.95 bits per heavy atom. The average Bonchev–Trinajstić information content (AvgIpc) is 2.61. The Balaban J connectivity index is 2.86. The molecule has 19 heavy (non-hydrogen) atoms. The van der Waals surface area contributed by atoms with Gasteiger partial charge in [-0.15, -0.1) is 0 Å². The van der Waals surface area contributed by atoms with Gasteiger partial charge in [-0.2, -0.15) is 0 Å². The third-order valence-electron chi connectivity index (χ3n) is 3.05. The first-order valence-corrected chi connectivity index (χ1v) is 5.65. The van der Waals surface area contributed by atoms with E-state index < -0.39 is 11.9 Å². The first-order valence-electron chi connectivity index (χ1n) is 5.65. The molecular weight excluding hydrogens is 246 g/mol. The van der Waals surface area contributed by atoms with Gasteiger partial charge in [0, 0.05) is 24.1 Å². The van der Waals surface area contributed by atoms with Gasteiger partial charge in [0.1, 0.15) is 5.69 Å². The van der Waals surface area contributed by atoms with Gasteiger partial charge in [0.15, 0.2) is 0 Å². The van der Waals surface area contributed by atoms with Crippen LogP contribution in [-0.2, 0) is 11.8 Å². The zero-order chi connectivity index (χ0) is 14.2. The molecule has 0 unspecified atom stereocenters. The van der Waals surface area contributed by atoms with E-state index in [4.69, 9.17) is 5.11 Å². The predicted molar refractivity (Wildman–Crippen MR) is 71.3 cm³/mol. The summed E-state index contributed by atoms with van der Waals surface area (Å²) in [5.41, 5.74) is 2.24. The first kappa shape index (κ1) is 12.9. The maximum atomic E-state index is 11.4. The van der Waals surface area contributed by atoms with E-state index in [1.165, 1.54) is 6.08 Å². The van der Waals surface area contributed by atoms with Crippen molar-refractivity contribution in [2.45, 2.75) is 6.92 Å². The third-order valence-corrected chi connectivity index (χ3v) is 3.05. The molecular formula is C14H13NO4. The molecule has 2 aromatic rings. The third kappa shape index (κ3) is 2.10. The minimum absolute atomic E-state index is 0.0850. The van der Waals surface area contributed by atoms with Crippen molar-refractivity contribution in [3.63, 3.8) is 0 Å². The van der Waals surface area contributed by atoms with Gasteiger partial charge in [-0.25, -0.2) is 9.59 Å². The van der Waals surface area contributed by atoms with Gasteiger partial charge in [-0.05, 0) is 18.6 Å². The summed E-state index contributed by atoms with van der Waals surface area (Å²) >= 11 is 0. The quantitative estimate of drug-likeness (QED) is 0.829. The van der Waals surface area contributed by atoms with Gasteiger partial charge < -0.3 is 14.8 Å². The molecule has 1 aromatic heterocycles. The Labute approximate surface area is 109 Å². The molecule has 0 atom stereocenters. The molecule has 0 fully saturated rings. The molecule has 0 spiro atoms. The number of para-hydroxylation sites is 1. The van der Waals surface area contributed by atoms with Crippen molar-refractivity contribution in [2.24, 2.45) is 7.05 Å². The average molecular weight is 259 g/mol. The van der Waals surface area contributed by atoms with Crippen molar-refractivity contribution in [1.82, 2.24) is 4.57 Å². The molecule has 5 nitrogen and oxygen atoms in total. The van der Waals surface area contributed by atoms with Crippen molar-refractivity contribution in [2.75, 3.05) is 0 Å². The van der Waals surface area contributed by atoms with Crippen LogP contribution in [0.4, 0.5) is 0 Å². The SMILES string of the molecule is Cc1cccc2c(/C=C\C(=O)O)c(C(=O)O)n(C)c12. The van der Waals surface area contributed by atoms with Crippen molar-refractivity contribution in [3.05, 3.63) is 41.1 Å². The van der Waals surface area contributed by atoms with Crippen LogP contribution in [0, 0.1) is 6.92 Å². The van der Waals surface area contributed by atoms with Crippen molar-refractivity contribution in [3.8, 4) is 0 Å². The number of benzene rings is 1. The van der Waals surface area contributed by atoms with Gasteiger partial charge in [0.2, 0.25) is 0 Å². The normalized spacial score (nSPS) is 11.3. The summed E-state index contributed by atoms with van der Waals surface area (Å²) in [5.74, 6) is -2.19. The Hall–Kier alpha value is -2.56. The highest BCUT2D eigenvalue weighted by atomic mass is 16.4. The number of aromatic nitrogens is 1. The van der Waals surface area contributed by atoms with E-state index >= 15 is 0 Å². The van der Waals surface area contributed by atoms with Gasteiger partial charge in [-0.3, -0.25) is 0 Å². The lowest BCUT2D eigenvalue weighted by Crippen LogP contribution is -2.06. The number of hydrogen-bond donors (Lipinski definition) is 2. The molecule has 0 amide bonds. The van der Waals surface area contributed by atoms with E-state index in [9.17, 15) is 14.7 Å². The van der Waals surface area contributed by atoms with Crippen LogP contribution in [0.5, 0.6) is 0 Å². The second-order valence-corrected chi connectivity index (χ2v) is 4.27. The number of aryl methyl sites for hydroxylation is 2. The number of rotatable bonds is 3. The minimum atomic E-state index is -1.11. The summed E-state index contributed by atoms with van der Waals surface area (Å²) < 4.78 is 1.58. The molecule has 2 N–H and O–H groups in total. The monoisotopic (exact) mass is 259 g/mol. The van der Waals surface area contributed by atoms with Crippen molar-refractivity contribution < 1.29 is 19.8 Å². The summed E-state index contributed by atoms with van der Waals surface area (Å²) in [6, 6.07) is 5.50. The van der Waals surface area contributed by atoms with Crippen molar-refractivity contribution >= 4 is 28.9 Å². The molecule has 0 bridgehead atoms. The van der Waals surface area contributed by atoms with Crippen LogP contribution in [-0.4, -0.2) is 26.7 Å². The standard InChI is InChI=1S/C14H13NO4/c1-8-4-3-5-9-10(6-7-11(16)17)13(14(18)19)15(2)12(8)9/h3-7H,1-2H3,(H,16,17)(H,18,19)/b7-6-. The zero-order valence-corrected chi connectivity index (χ0v) is 10.5. The Kier molecular flexibility index (Phi) is 3.12. The Bertz CT molecular complexity index is 710. The molecule has 98 valence electrons. The maximum absolute atomic E-state index is 11.4. The topological polar surface area (TPSA) is 79.5 Å². The number of carboxylic acids is 2. The van der Waals surface area contributed by atoms with Gasteiger partial charge in [-0.1, -0.05) is 18.2 Å². The Morgan fingerprint density at radius 1 is 1.26 bits per heavy atom. The molecule has 0 aliphatic heterocycles. The lowest BCUT2D eigenvalue weighted by atomic mass is 10.1. The van der Waals surface area contributed by atoms with E-state index in [0.717, 1.165) is 22.5 Å². The molecule has 0 radical (unpaired) electrons. The van der Waals surface area contributed by atoms with Gasteiger partial charge in [0.25, 0.3) is 0 Å². The largest absolute Gasteiger partial charge is 0.478 e. The molecule has 0 saturated heterocycles. The van der Waals surface area contributed by atoms with Crippen LogP contribution in [0.3, 0.4) is 0 Å². The number of carboxylic acid groups (broad SMARTS) is 2. The van der Waals surface area contributed by atoms with Crippen LogP contribution in [0.25, 0.3) is 17.0 Å². The van der Waals surface area contributed by atoms with Crippen LogP contribution < -0.4 is 0 Å². The fraction of sp³-hybridized carbons (Fsp3) is 0.143. The van der Waals surface area contributed by atoms with Crippen LogP contribution in [0.1, 0.15) is 21.6 Å². The lowest BCUT2D eigenvalue weighted by Gasteiger charge is -2.01. The lowest BCUT2D eigenvalue weighted by molar-refractivity contribution is -0.131. The van der Waals surface area contributed by atoms with Crippen LogP contribution >= 0.6 is 0 Å². The van der Waals surface area contributed by atoms with Gasteiger partial charge >= 0.3 is 11.9 Å². The van der Waals surface area contributed by atoms with Gasteiger partial charge in [0.05, 0.1) is 5.52 Å². The zero-order valence-electron chi connectivity index (χ0n) is 10.5. The fourth-order valence-electron chi connectivity index (χ4n) is 2.32. The van der Waals surface area contributed by atoms with E-state index in [1.807, 2.05) is 19.1 Å². The molecule has 1 heterocycles. The molecule has 2 rings (SSSR count). The first-order chi connectivity index (χ1) is 8.93. The second-order valence-electron chi connectivity index (χ2n) is 4.27. The summed E-state index contributed by atoms with van der Waals surface area (Å²) in [6.07, 6.45) is 2.27. The summed E-state index contributed by atoms with van der Waals surface area (Å²) in [7, 11) is 1.66.